The first-order valence-electron chi connectivity index (χ1n) is 7.97. The lowest BCUT2D eigenvalue weighted by atomic mass is 9.95. The van der Waals surface area contributed by atoms with Crippen LogP contribution in [-0.2, 0) is 10.1 Å². The number of amides is 2. The number of nitrogens with one attached hydrogen (secondary N) is 2. The highest BCUT2D eigenvalue weighted by molar-refractivity contribution is 7.86. The third kappa shape index (κ3) is 3.68. The van der Waals surface area contributed by atoms with Crippen molar-refractivity contribution in [2.24, 2.45) is 0 Å². The van der Waals surface area contributed by atoms with Gasteiger partial charge in [0.15, 0.2) is 0 Å². The van der Waals surface area contributed by atoms with Crippen molar-refractivity contribution in [1.29, 1.82) is 0 Å². The quantitative estimate of drug-likeness (QED) is 0.743. The molecule has 24 heavy (non-hydrogen) atoms. The Morgan fingerprint density at radius 3 is 2.54 bits per heavy atom. The number of hydrogen-bond donors (Lipinski definition) is 3. The molecule has 3 N–H and O–H groups in total. The summed E-state index contributed by atoms with van der Waals surface area (Å²) in [4.78, 5) is 12.3. The van der Waals surface area contributed by atoms with E-state index in [9.17, 15) is 17.8 Å². The number of hydrogen-bond acceptors (Lipinski definition) is 3. The fourth-order valence-corrected chi connectivity index (χ4v) is 4.36. The molecule has 0 radical (unpaired) electrons. The van der Waals surface area contributed by atoms with Gasteiger partial charge in [-0.15, -0.1) is 0 Å². The molecule has 3 rings (SSSR count). The normalized spacial score (nSPS) is 21.4. The first-order valence-corrected chi connectivity index (χ1v) is 9.47. The van der Waals surface area contributed by atoms with Crippen molar-refractivity contribution in [1.82, 2.24) is 5.32 Å². The second-order valence-corrected chi connectivity index (χ2v) is 7.70. The molecular weight excluding hydrogens is 328 g/mol. The van der Waals surface area contributed by atoms with E-state index in [0.29, 0.717) is 18.5 Å². The van der Waals surface area contributed by atoms with Crippen LogP contribution >= 0.6 is 0 Å². The highest BCUT2D eigenvalue weighted by Crippen LogP contribution is 2.25. The van der Waals surface area contributed by atoms with Crippen LogP contribution in [0.5, 0.6) is 0 Å². The summed E-state index contributed by atoms with van der Waals surface area (Å²) < 4.78 is 32.3. The maximum Gasteiger partial charge on any atom is 0.319 e. The zero-order valence-electron chi connectivity index (χ0n) is 13.1. The minimum absolute atomic E-state index is 0.359. The summed E-state index contributed by atoms with van der Waals surface area (Å²) in [6.45, 7) is 0. The summed E-state index contributed by atoms with van der Waals surface area (Å²) in [5, 5.41) is 6.45. The van der Waals surface area contributed by atoms with Gasteiger partial charge in [-0.2, -0.15) is 8.42 Å². The minimum Gasteiger partial charge on any atom is -0.334 e. The number of anilines is 1. The van der Waals surface area contributed by atoms with E-state index >= 15 is 0 Å². The fourth-order valence-electron chi connectivity index (χ4n) is 3.28. The van der Waals surface area contributed by atoms with Gasteiger partial charge in [0, 0.05) is 11.4 Å². The van der Waals surface area contributed by atoms with Crippen LogP contribution in [0.2, 0.25) is 0 Å². The van der Waals surface area contributed by atoms with Gasteiger partial charge in [-0.25, -0.2) is 4.79 Å². The van der Waals surface area contributed by atoms with E-state index < -0.39 is 27.4 Å². The highest BCUT2D eigenvalue weighted by atomic mass is 32.2. The standard InChI is InChI=1S/C17H20N2O4S/c20-17(19-15-9-3-4-11-16(15)24(21,22)23)18-14-10-5-7-12-6-1-2-8-13(12)14/h1-2,5-8,10,15-16H,3-4,9,11H2,(H2,18,19,20)(H,21,22,23)/t15-,16-/m0/s1. The molecule has 128 valence electrons. The lowest BCUT2D eigenvalue weighted by molar-refractivity contribution is 0.244. The predicted molar refractivity (Wildman–Crippen MR) is 93.7 cm³/mol. The Kier molecular flexibility index (Phi) is 4.73. The van der Waals surface area contributed by atoms with Crippen molar-refractivity contribution in [3.8, 4) is 0 Å². The maximum atomic E-state index is 12.3. The Labute approximate surface area is 141 Å². The number of rotatable bonds is 3. The summed E-state index contributed by atoms with van der Waals surface area (Å²) in [6.07, 6.45) is 2.45. The van der Waals surface area contributed by atoms with E-state index in [1.165, 1.54) is 0 Å². The second kappa shape index (κ2) is 6.78. The lowest BCUT2D eigenvalue weighted by Gasteiger charge is -2.29. The monoisotopic (exact) mass is 348 g/mol. The van der Waals surface area contributed by atoms with E-state index in [-0.39, 0.29) is 0 Å². The summed E-state index contributed by atoms with van der Waals surface area (Å²) in [5.41, 5.74) is 0.657. The van der Waals surface area contributed by atoms with Gasteiger partial charge in [-0.3, -0.25) is 4.55 Å². The van der Waals surface area contributed by atoms with Crippen LogP contribution in [0.25, 0.3) is 10.8 Å². The van der Waals surface area contributed by atoms with Crippen molar-refractivity contribution >= 4 is 32.6 Å². The van der Waals surface area contributed by atoms with Crippen molar-refractivity contribution in [3.63, 3.8) is 0 Å². The largest absolute Gasteiger partial charge is 0.334 e. The van der Waals surface area contributed by atoms with Crippen molar-refractivity contribution in [2.45, 2.75) is 37.0 Å². The minimum atomic E-state index is -4.17. The van der Waals surface area contributed by atoms with Gasteiger partial charge in [-0.1, -0.05) is 49.2 Å². The molecule has 2 amide bonds. The molecule has 7 heteroatoms. The average Bonchev–Trinajstić information content (AvgIpc) is 2.54. The SMILES string of the molecule is O=C(Nc1cccc2ccccc12)N[C@H]1CCCC[C@@H]1S(=O)(=O)O. The predicted octanol–water partition coefficient (Wildman–Crippen LogP) is 3.16. The number of urea groups is 1. The number of carbonyl (C=O) groups is 1. The molecule has 1 aliphatic rings. The van der Waals surface area contributed by atoms with Crippen molar-refractivity contribution in [3.05, 3.63) is 42.5 Å². The molecule has 2 aromatic rings. The van der Waals surface area contributed by atoms with Crippen molar-refractivity contribution < 1.29 is 17.8 Å². The van der Waals surface area contributed by atoms with Gasteiger partial charge in [0.25, 0.3) is 10.1 Å². The molecule has 0 saturated heterocycles. The molecule has 0 unspecified atom stereocenters. The molecule has 1 saturated carbocycles. The van der Waals surface area contributed by atoms with Gasteiger partial charge < -0.3 is 10.6 Å². The number of carbonyl (C=O) groups excluding carboxylic acids is 1. The summed E-state index contributed by atoms with van der Waals surface area (Å²) in [6, 6.07) is 12.2. The molecule has 6 nitrogen and oxygen atoms in total. The van der Waals surface area contributed by atoms with Crippen LogP contribution in [-0.4, -0.2) is 30.3 Å². The first-order chi connectivity index (χ1) is 11.4. The number of benzene rings is 2. The molecular formula is C17H20N2O4S. The molecule has 0 bridgehead atoms. The maximum absolute atomic E-state index is 12.3. The highest BCUT2D eigenvalue weighted by Gasteiger charge is 2.35. The fraction of sp³-hybridized carbons (Fsp3) is 0.353. The Hall–Kier alpha value is -2.12. The third-order valence-corrected chi connectivity index (χ3v) is 5.77. The van der Waals surface area contributed by atoms with Crippen LogP contribution in [0.4, 0.5) is 10.5 Å². The Morgan fingerprint density at radius 1 is 1.04 bits per heavy atom. The van der Waals surface area contributed by atoms with E-state index in [0.717, 1.165) is 23.6 Å². The van der Waals surface area contributed by atoms with Crippen molar-refractivity contribution in [2.75, 3.05) is 5.32 Å². The smallest absolute Gasteiger partial charge is 0.319 e. The van der Waals surface area contributed by atoms with Crippen LogP contribution in [0.3, 0.4) is 0 Å². The molecule has 0 spiro atoms. The summed E-state index contributed by atoms with van der Waals surface area (Å²) >= 11 is 0. The van der Waals surface area contributed by atoms with Gasteiger partial charge in [-0.05, 0) is 24.3 Å². The van der Waals surface area contributed by atoms with E-state index in [1.54, 1.807) is 6.07 Å². The van der Waals surface area contributed by atoms with Gasteiger partial charge in [0.1, 0.15) is 5.25 Å². The van der Waals surface area contributed by atoms with E-state index in [4.69, 9.17) is 0 Å². The topological polar surface area (TPSA) is 95.5 Å². The molecule has 0 aliphatic heterocycles. The van der Waals surface area contributed by atoms with E-state index in [2.05, 4.69) is 10.6 Å². The van der Waals surface area contributed by atoms with Gasteiger partial charge >= 0.3 is 6.03 Å². The van der Waals surface area contributed by atoms with Crippen LogP contribution in [0, 0.1) is 0 Å². The summed E-state index contributed by atoms with van der Waals surface area (Å²) in [5.74, 6) is 0. The molecule has 1 aliphatic carbocycles. The van der Waals surface area contributed by atoms with E-state index in [1.807, 2.05) is 36.4 Å². The Balaban J connectivity index is 1.75. The molecule has 0 heterocycles. The Morgan fingerprint density at radius 2 is 1.75 bits per heavy atom. The molecule has 2 atom stereocenters. The van der Waals surface area contributed by atoms with Gasteiger partial charge in [0.05, 0.1) is 5.69 Å². The first kappa shape index (κ1) is 16.7. The Bertz CT molecular complexity index is 845. The second-order valence-electron chi connectivity index (χ2n) is 6.07. The lowest BCUT2D eigenvalue weighted by Crippen LogP contribution is -2.49. The average molecular weight is 348 g/mol. The summed E-state index contributed by atoms with van der Waals surface area (Å²) in [7, 11) is -4.17. The van der Waals surface area contributed by atoms with Gasteiger partial charge in [0.2, 0.25) is 0 Å². The molecule has 2 aromatic carbocycles. The van der Waals surface area contributed by atoms with Crippen LogP contribution < -0.4 is 10.6 Å². The van der Waals surface area contributed by atoms with Crippen LogP contribution in [0.15, 0.2) is 42.5 Å². The number of fused-ring (bicyclic) bond motifs is 1. The third-order valence-electron chi connectivity index (χ3n) is 4.44. The molecule has 1 fully saturated rings. The zero-order chi connectivity index (χ0) is 17.2. The van der Waals surface area contributed by atoms with Crippen LogP contribution in [0.1, 0.15) is 25.7 Å². The zero-order valence-corrected chi connectivity index (χ0v) is 13.9. The molecule has 0 aromatic heterocycles.